The van der Waals surface area contributed by atoms with Crippen LogP contribution in [0.2, 0.25) is 0 Å². The van der Waals surface area contributed by atoms with Crippen molar-refractivity contribution in [2.75, 3.05) is 25.5 Å². The number of H-pyrrole nitrogens is 1. The molecule has 0 radical (unpaired) electrons. The van der Waals surface area contributed by atoms with Gasteiger partial charge >= 0.3 is 0 Å². The van der Waals surface area contributed by atoms with Crippen LogP contribution < -0.4 is 16.0 Å². The van der Waals surface area contributed by atoms with Gasteiger partial charge in [0.05, 0.1) is 4.88 Å². The Hall–Kier alpha value is -2.83. The SMILES string of the molecule is CNCCNc1ccc2cc(C(=O)NC(CCC(C)C)Cc3c[nH]c4ccccc34)sc2c1. The summed E-state index contributed by atoms with van der Waals surface area (Å²) in [7, 11) is 1.95. The second-order valence-corrected chi connectivity index (χ2v) is 10.2. The standard InChI is InChI=1S/C27H34N4OS/c1-18(2)8-10-22(14-20-17-30-24-7-5-4-6-23(20)24)31-27(32)26-15-19-9-11-21(16-25(19)33-26)29-13-12-28-3/h4-7,9,11,15-18,22,28-30H,8,10,12-14H2,1-3H3,(H,31,32). The number of para-hydroxylation sites is 1. The van der Waals surface area contributed by atoms with Gasteiger partial charge in [-0.15, -0.1) is 11.3 Å². The lowest BCUT2D eigenvalue weighted by molar-refractivity contribution is 0.0937. The molecule has 2 aromatic carbocycles. The fourth-order valence-corrected chi connectivity index (χ4v) is 5.17. The number of likely N-dealkylation sites (N-methyl/N-ethyl adjacent to an activating group) is 1. The lowest BCUT2D eigenvalue weighted by atomic mass is 9.97. The smallest absolute Gasteiger partial charge is 0.261 e. The number of thiophene rings is 1. The molecule has 0 aliphatic rings. The lowest BCUT2D eigenvalue weighted by Crippen LogP contribution is -2.36. The molecule has 0 bridgehead atoms. The molecule has 0 saturated heterocycles. The van der Waals surface area contributed by atoms with E-state index < -0.39 is 0 Å². The predicted molar refractivity (Wildman–Crippen MR) is 142 cm³/mol. The Morgan fingerprint density at radius 1 is 1.06 bits per heavy atom. The molecule has 0 fully saturated rings. The molecule has 1 unspecified atom stereocenters. The Bertz CT molecular complexity index is 1210. The number of hydrogen-bond donors (Lipinski definition) is 4. The number of nitrogens with one attached hydrogen (secondary N) is 4. The van der Waals surface area contributed by atoms with E-state index in [9.17, 15) is 4.79 Å². The van der Waals surface area contributed by atoms with Crippen molar-refractivity contribution in [3.8, 4) is 0 Å². The van der Waals surface area contributed by atoms with Crippen LogP contribution >= 0.6 is 11.3 Å². The van der Waals surface area contributed by atoms with E-state index in [4.69, 9.17) is 0 Å². The molecule has 0 saturated carbocycles. The highest BCUT2D eigenvalue weighted by atomic mass is 32.1. The third-order valence-electron chi connectivity index (χ3n) is 6.02. The molecule has 2 heterocycles. The lowest BCUT2D eigenvalue weighted by Gasteiger charge is -2.19. The molecule has 5 nitrogen and oxygen atoms in total. The van der Waals surface area contributed by atoms with Gasteiger partial charge in [0.2, 0.25) is 0 Å². The highest BCUT2D eigenvalue weighted by Gasteiger charge is 2.18. The minimum Gasteiger partial charge on any atom is -0.384 e. The van der Waals surface area contributed by atoms with E-state index in [1.165, 1.54) is 10.9 Å². The molecule has 1 amide bonds. The average molecular weight is 463 g/mol. The summed E-state index contributed by atoms with van der Waals surface area (Å²) in [6, 6.07) is 16.8. The molecule has 6 heteroatoms. The fourth-order valence-electron chi connectivity index (χ4n) is 4.17. The molecule has 4 aromatic rings. The van der Waals surface area contributed by atoms with Gasteiger partial charge in [-0.2, -0.15) is 0 Å². The largest absolute Gasteiger partial charge is 0.384 e. The number of carbonyl (C=O) groups excluding carboxylic acids is 1. The first-order valence-electron chi connectivity index (χ1n) is 11.8. The molecule has 0 spiro atoms. The van der Waals surface area contributed by atoms with E-state index in [0.717, 1.165) is 58.5 Å². The van der Waals surface area contributed by atoms with Crippen LogP contribution in [0.5, 0.6) is 0 Å². The van der Waals surface area contributed by atoms with Crippen molar-refractivity contribution >= 4 is 43.9 Å². The number of aromatic nitrogens is 1. The highest BCUT2D eigenvalue weighted by molar-refractivity contribution is 7.20. The number of hydrogen-bond acceptors (Lipinski definition) is 4. The average Bonchev–Trinajstić information content (AvgIpc) is 3.42. The number of aromatic amines is 1. The van der Waals surface area contributed by atoms with E-state index in [1.54, 1.807) is 11.3 Å². The fraction of sp³-hybridized carbons (Fsp3) is 0.370. The van der Waals surface area contributed by atoms with Gasteiger partial charge in [0.15, 0.2) is 0 Å². The molecular formula is C27H34N4OS. The maximum Gasteiger partial charge on any atom is 0.261 e. The van der Waals surface area contributed by atoms with Gasteiger partial charge in [-0.3, -0.25) is 4.79 Å². The van der Waals surface area contributed by atoms with Gasteiger partial charge in [0.25, 0.3) is 5.91 Å². The number of benzene rings is 2. The Labute approximate surface area is 200 Å². The first-order chi connectivity index (χ1) is 16.0. The molecule has 33 heavy (non-hydrogen) atoms. The Morgan fingerprint density at radius 3 is 2.73 bits per heavy atom. The zero-order valence-corrected chi connectivity index (χ0v) is 20.5. The van der Waals surface area contributed by atoms with Gasteiger partial charge in [-0.25, -0.2) is 0 Å². The summed E-state index contributed by atoms with van der Waals surface area (Å²) in [4.78, 5) is 17.4. The molecule has 1 atom stereocenters. The van der Waals surface area contributed by atoms with Crippen molar-refractivity contribution in [2.45, 2.75) is 39.2 Å². The molecule has 0 aliphatic carbocycles. The summed E-state index contributed by atoms with van der Waals surface area (Å²) in [6.45, 7) is 6.24. The second kappa shape index (κ2) is 10.9. The van der Waals surface area contributed by atoms with Gasteiger partial charge in [-0.05, 0) is 67.4 Å². The molecule has 4 N–H and O–H groups in total. The van der Waals surface area contributed by atoms with Crippen molar-refractivity contribution in [1.82, 2.24) is 15.6 Å². The summed E-state index contributed by atoms with van der Waals surface area (Å²) in [5, 5.41) is 12.2. The first kappa shape index (κ1) is 23.3. The topological polar surface area (TPSA) is 68.9 Å². The zero-order chi connectivity index (χ0) is 23.2. The number of rotatable bonds is 11. The molecule has 2 aromatic heterocycles. The van der Waals surface area contributed by atoms with Gasteiger partial charge in [0.1, 0.15) is 0 Å². The van der Waals surface area contributed by atoms with Crippen molar-refractivity contribution in [3.63, 3.8) is 0 Å². The summed E-state index contributed by atoms with van der Waals surface area (Å²) < 4.78 is 1.13. The highest BCUT2D eigenvalue weighted by Crippen LogP contribution is 2.29. The third kappa shape index (κ3) is 5.95. The van der Waals surface area contributed by atoms with Crippen LogP contribution in [0.25, 0.3) is 21.0 Å². The van der Waals surface area contributed by atoms with Gasteiger partial charge < -0.3 is 20.9 Å². The van der Waals surface area contributed by atoms with Crippen LogP contribution in [-0.4, -0.2) is 37.1 Å². The van der Waals surface area contributed by atoms with Crippen molar-refractivity contribution in [2.24, 2.45) is 5.92 Å². The molecular weight excluding hydrogens is 428 g/mol. The summed E-state index contributed by atoms with van der Waals surface area (Å²) in [6.07, 6.45) is 4.96. The van der Waals surface area contributed by atoms with E-state index in [-0.39, 0.29) is 11.9 Å². The quantitative estimate of drug-likeness (QED) is 0.213. The summed E-state index contributed by atoms with van der Waals surface area (Å²) >= 11 is 1.56. The number of carbonyl (C=O) groups is 1. The Morgan fingerprint density at radius 2 is 1.91 bits per heavy atom. The number of anilines is 1. The van der Waals surface area contributed by atoms with Crippen molar-refractivity contribution in [1.29, 1.82) is 0 Å². The van der Waals surface area contributed by atoms with Crippen LogP contribution in [-0.2, 0) is 6.42 Å². The normalized spacial score (nSPS) is 12.5. The van der Waals surface area contributed by atoms with Crippen LogP contribution in [0.15, 0.2) is 54.7 Å². The van der Waals surface area contributed by atoms with Crippen molar-refractivity contribution in [3.05, 3.63) is 65.2 Å². The first-order valence-corrected chi connectivity index (χ1v) is 12.6. The Kier molecular flexibility index (Phi) is 7.68. The van der Waals surface area contributed by atoms with Crippen LogP contribution in [0, 0.1) is 5.92 Å². The second-order valence-electron chi connectivity index (χ2n) is 9.10. The minimum absolute atomic E-state index is 0.0227. The number of amides is 1. The van der Waals surface area contributed by atoms with E-state index in [2.05, 4.69) is 77.4 Å². The van der Waals surface area contributed by atoms with Crippen LogP contribution in [0.3, 0.4) is 0 Å². The van der Waals surface area contributed by atoms with Crippen LogP contribution in [0.4, 0.5) is 5.69 Å². The monoisotopic (exact) mass is 462 g/mol. The van der Waals surface area contributed by atoms with Gasteiger partial charge in [-0.1, -0.05) is 38.1 Å². The van der Waals surface area contributed by atoms with Crippen molar-refractivity contribution < 1.29 is 4.79 Å². The molecule has 0 aliphatic heterocycles. The van der Waals surface area contributed by atoms with E-state index in [0.29, 0.717) is 5.92 Å². The number of fused-ring (bicyclic) bond motifs is 2. The molecule has 174 valence electrons. The maximum absolute atomic E-state index is 13.2. The zero-order valence-electron chi connectivity index (χ0n) is 19.7. The van der Waals surface area contributed by atoms with E-state index in [1.807, 2.05) is 19.2 Å². The maximum atomic E-state index is 13.2. The Balaban J connectivity index is 1.49. The predicted octanol–water partition coefficient (Wildman–Crippen LogP) is 5.79. The van der Waals surface area contributed by atoms with Crippen LogP contribution in [0.1, 0.15) is 41.9 Å². The summed E-state index contributed by atoms with van der Waals surface area (Å²) in [5.41, 5.74) is 3.49. The molecule has 4 rings (SSSR count). The van der Waals surface area contributed by atoms with Gasteiger partial charge in [0, 0.05) is 46.6 Å². The third-order valence-corrected chi connectivity index (χ3v) is 7.11. The van der Waals surface area contributed by atoms with E-state index >= 15 is 0 Å². The summed E-state index contributed by atoms with van der Waals surface area (Å²) in [5.74, 6) is 0.625. The minimum atomic E-state index is 0.0227.